The summed E-state index contributed by atoms with van der Waals surface area (Å²) in [6, 6.07) is 0. The molecule has 0 rings (SSSR count). The molecule has 0 heterocycles. The molecule has 0 radical (unpaired) electrons. The van der Waals surface area contributed by atoms with Crippen molar-refractivity contribution in [3.05, 3.63) is 0 Å². The van der Waals surface area contributed by atoms with E-state index in [2.05, 4.69) is 0 Å². The summed E-state index contributed by atoms with van der Waals surface area (Å²) < 4.78 is 92.8. The number of hydrogen-bond acceptors (Lipinski definition) is 3. The number of hydrogen-bond donors (Lipinski definition) is 0. The molecule has 0 N–H and O–H groups in total. The molecule has 0 fully saturated rings. The fourth-order valence-corrected chi connectivity index (χ4v) is 2.84. The molecule has 0 aliphatic heterocycles. The van der Waals surface area contributed by atoms with Gasteiger partial charge in [0.05, 0.1) is 6.10 Å². The van der Waals surface area contributed by atoms with Crippen LogP contribution < -0.4 is 0 Å². The molecule has 0 saturated heterocycles. The minimum atomic E-state index is -6.31. The number of esters is 1. The van der Waals surface area contributed by atoms with Crippen molar-refractivity contribution in [3.8, 4) is 0 Å². The summed E-state index contributed by atoms with van der Waals surface area (Å²) in [5, 5.41) is -0.704. The number of carbonyl (C=O) groups is 1. The van der Waals surface area contributed by atoms with Crippen LogP contribution in [0.3, 0.4) is 0 Å². The van der Waals surface area contributed by atoms with E-state index >= 15 is 0 Å². The van der Waals surface area contributed by atoms with Gasteiger partial charge in [-0.25, -0.2) is 0 Å². The minimum Gasteiger partial charge on any atom is -0.462 e. The normalized spacial score (nSPS) is 15.0. The van der Waals surface area contributed by atoms with Gasteiger partial charge in [-0.2, -0.15) is 30.7 Å². The Morgan fingerprint density at radius 1 is 1.00 bits per heavy atom. The third-order valence-electron chi connectivity index (χ3n) is 2.94. The second kappa shape index (κ2) is 8.62. The second-order valence-corrected chi connectivity index (χ2v) is 7.15. The highest BCUT2D eigenvalue weighted by Gasteiger charge is 2.72. The molecule has 2 nitrogen and oxygen atoms in total. The van der Waals surface area contributed by atoms with Gasteiger partial charge >= 0.3 is 24.0 Å². The largest absolute Gasteiger partial charge is 0.462 e. The van der Waals surface area contributed by atoms with E-state index < -0.39 is 42.1 Å². The van der Waals surface area contributed by atoms with Crippen LogP contribution in [0.5, 0.6) is 0 Å². The molecule has 24 heavy (non-hydrogen) atoms. The van der Waals surface area contributed by atoms with Crippen molar-refractivity contribution >= 4 is 17.7 Å². The number of carbonyl (C=O) groups excluding carboxylic acids is 1. The maximum atomic E-state index is 13.1. The second-order valence-electron chi connectivity index (χ2n) is 5.90. The van der Waals surface area contributed by atoms with Crippen molar-refractivity contribution in [2.75, 3.05) is 5.75 Å². The van der Waals surface area contributed by atoms with Crippen molar-refractivity contribution < 1.29 is 40.3 Å². The zero-order valence-corrected chi connectivity index (χ0v) is 14.5. The summed E-state index contributed by atoms with van der Waals surface area (Å²) in [6.45, 7) is 6.62. The molecular weight excluding hydrogens is 365 g/mol. The van der Waals surface area contributed by atoms with Gasteiger partial charge < -0.3 is 4.74 Å². The summed E-state index contributed by atoms with van der Waals surface area (Å²) in [6.07, 6.45) is -8.92. The Hall–Kier alpha value is -0.670. The topological polar surface area (TPSA) is 26.3 Å². The van der Waals surface area contributed by atoms with Gasteiger partial charge in [0.1, 0.15) is 5.25 Å². The highest BCUT2D eigenvalue weighted by atomic mass is 32.2. The monoisotopic (exact) mass is 386 g/mol. The summed E-state index contributed by atoms with van der Waals surface area (Å²) in [5.74, 6) is -12.2. The van der Waals surface area contributed by atoms with E-state index in [1.54, 1.807) is 27.7 Å². The number of halogens is 7. The van der Waals surface area contributed by atoms with Crippen molar-refractivity contribution in [2.24, 2.45) is 5.92 Å². The first-order chi connectivity index (χ1) is 10.6. The number of thioether (sulfide) groups is 1. The summed E-state index contributed by atoms with van der Waals surface area (Å²) in [5.41, 5.74) is 0. The third kappa shape index (κ3) is 6.33. The molecule has 144 valence electrons. The lowest BCUT2D eigenvalue weighted by atomic mass is 10.1. The molecule has 0 bridgehead atoms. The molecule has 0 amide bonds. The van der Waals surface area contributed by atoms with Crippen molar-refractivity contribution in [2.45, 2.75) is 69.9 Å². The SMILES string of the molecule is CC(C)OC(=O)C(SCCCC(F)(F)C(F)(F)C(F)(F)F)C(C)C. The van der Waals surface area contributed by atoms with Crippen molar-refractivity contribution in [1.29, 1.82) is 0 Å². The Morgan fingerprint density at radius 2 is 1.50 bits per heavy atom. The number of ether oxygens (including phenoxy) is 1. The Bertz CT molecular complexity index is 408. The first-order valence-corrected chi connectivity index (χ1v) is 8.32. The van der Waals surface area contributed by atoms with Crippen LogP contribution in [-0.4, -0.2) is 41.1 Å². The first kappa shape index (κ1) is 23.3. The zero-order chi connectivity index (χ0) is 19.3. The number of rotatable bonds is 9. The van der Waals surface area contributed by atoms with Crippen molar-refractivity contribution in [1.82, 2.24) is 0 Å². The quantitative estimate of drug-likeness (QED) is 0.305. The third-order valence-corrected chi connectivity index (χ3v) is 4.56. The van der Waals surface area contributed by atoms with E-state index in [-0.39, 0.29) is 17.8 Å². The Balaban J connectivity index is 4.61. The van der Waals surface area contributed by atoms with E-state index in [0.717, 1.165) is 11.8 Å². The van der Waals surface area contributed by atoms with E-state index in [0.29, 0.717) is 0 Å². The van der Waals surface area contributed by atoms with Crippen LogP contribution in [0.4, 0.5) is 30.7 Å². The van der Waals surface area contributed by atoms with Crippen LogP contribution in [0, 0.1) is 5.92 Å². The molecule has 10 heteroatoms. The van der Waals surface area contributed by atoms with E-state index in [1.807, 2.05) is 0 Å². The van der Waals surface area contributed by atoms with Gasteiger partial charge in [-0.1, -0.05) is 13.8 Å². The standard InChI is InChI=1S/C14H21F7O2S/c1-8(2)10(11(22)23-9(3)4)24-7-5-6-12(15,16)13(17,18)14(19,20)21/h8-10H,5-7H2,1-4H3. The fraction of sp³-hybridized carbons (Fsp3) is 0.929. The van der Waals surface area contributed by atoms with Gasteiger partial charge in [-0.3, -0.25) is 4.79 Å². The maximum Gasteiger partial charge on any atom is 0.459 e. The molecule has 1 unspecified atom stereocenters. The van der Waals surface area contributed by atoms with E-state index in [4.69, 9.17) is 4.74 Å². The zero-order valence-electron chi connectivity index (χ0n) is 13.7. The molecule has 0 aliphatic carbocycles. The van der Waals surface area contributed by atoms with Gasteiger partial charge in [-0.05, 0) is 31.9 Å². The minimum absolute atomic E-state index is 0.167. The van der Waals surface area contributed by atoms with E-state index in [1.165, 1.54) is 0 Å². The Labute approximate surface area is 140 Å². The molecule has 0 saturated carbocycles. The smallest absolute Gasteiger partial charge is 0.459 e. The number of alkyl halides is 7. The Morgan fingerprint density at radius 3 is 1.88 bits per heavy atom. The molecule has 0 aromatic heterocycles. The van der Waals surface area contributed by atoms with Gasteiger partial charge in [0, 0.05) is 6.42 Å². The predicted molar refractivity (Wildman–Crippen MR) is 77.5 cm³/mol. The van der Waals surface area contributed by atoms with Crippen LogP contribution >= 0.6 is 11.8 Å². The summed E-state index contributed by atoms with van der Waals surface area (Å²) in [7, 11) is 0. The average Bonchev–Trinajstić information content (AvgIpc) is 2.35. The summed E-state index contributed by atoms with van der Waals surface area (Å²) >= 11 is 0.905. The molecule has 0 spiro atoms. The van der Waals surface area contributed by atoms with Crippen LogP contribution in [0.25, 0.3) is 0 Å². The lowest BCUT2D eigenvalue weighted by Crippen LogP contribution is -2.51. The van der Waals surface area contributed by atoms with Crippen LogP contribution in [0.1, 0.15) is 40.5 Å². The first-order valence-electron chi connectivity index (χ1n) is 7.28. The van der Waals surface area contributed by atoms with Gasteiger partial charge in [0.25, 0.3) is 0 Å². The van der Waals surface area contributed by atoms with Crippen LogP contribution in [-0.2, 0) is 9.53 Å². The average molecular weight is 386 g/mol. The lowest BCUT2D eigenvalue weighted by Gasteiger charge is -2.28. The van der Waals surface area contributed by atoms with Gasteiger partial charge in [-0.15, -0.1) is 11.8 Å². The van der Waals surface area contributed by atoms with Crippen LogP contribution in [0.15, 0.2) is 0 Å². The van der Waals surface area contributed by atoms with E-state index in [9.17, 15) is 35.5 Å². The molecule has 1 atom stereocenters. The highest BCUT2D eigenvalue weighted by Crippen LogP contribution is 2.48. The maximum absolute atomic E-state index is 13.1. The molecule has 0 aromatic carbocycles. The molecular formula is C14H21F7O2S. The predicted octanol–water partition coefficient (Wildman–Crippen LogP) is 5.31. The summed E-state index contributed by atoms with van der Waals surface area (Å²) in [4.78, 5) is 11.8. The van der Waals surface area contributed by atoms with Gasteiger partial charge in [0.2, 0.25) is 0 Å². The van der Waals surface area contributed by atoms with Gasteiger partial charge in [0.15, 0.2) is 0 Å². The molecule has 0 aliphatic rings. The van der Waals surface area contributed by atoms with Crippen LogP contribution in [0.2, 0.25) is 0 Å². The lowest BCUT2D eigenvalue weighted by molar-refractivity contribution is -0.355. The van der Waals surface area contributed by atoms with Crippen molar-refractivity contribution in [3.63, 3.8) is 0 Å². The highest BCUT2D eigenvalue weighted by molar-refractivity contribution is 8.00. The Kier molecular flexibility index (Phi) is 8.38. The fourth-order valence-electron chi connectivity index (χ4n) is 1.70. The molecule has 0 aromatic rings.